The van der Waals surface area contributed by atoms with Gasteiger partial charge in [-0.3, -0.25) is 9.78 Å². The second-order valence-electron chi connectivity index (χ2n) is 8.97. The lowest BCUT2D eigenvalue weighted by atomic mass is 10.0. The molecule has 1 fully saturated rings. The standard InChI is InChI=1S/C28H33N3O3.ClH/c1-19(34-3)27(29)17-31(28(32)26-15-25(26)23-5-4-14-30-16-23)24-12-10-22(11-13-24)21-8-6-20(7-9-21)18-33-2;/h4-14,16,19,25-27H,15,17-18,29H2,1-3H3;1H/t19-,25+,26-,27-;/m1./s1. The average molecular weight is 496 g/mol. The van der Waals surface area contributed by atoms with Gasteiger partial charge in [0.2, 0.25) is 5.91 Å². The summed E-state index contributed by atoms with van der Waals surface area (Å²) in [4.78, 5) is 19.6. The van der Waals surface area contributed by atoms with Crippen LogP contribution in [0.3, 0.4) is 0 Å². The summed E-state index contributed by atoms with van der Waals surface area (Å²) < 4.78 is 10.6. The zero-order valence-electron chi connectivity index (χ0n) is 20.5. The number of hydrogen-bond donors (Lipinski definition) is 1. The van der Waals surface area contributed by atoms with Crippen LogP contribution in [-0.4, -0.2) is 43.8 Å². The third kappa shape index (κ3) is 6.47. The van der Waals surface area contributed by atoms with Crippen LogP contribution in [-0.2, 0) is 20.9 Å². The number of hydrogen-bond acceptors (Lipinski definition) is 5. The van der Waals surface area contributed by atoms with Gasteiger partial charge in [-0.1, -0.05) is 42.5 Å². The average Bonchev–Trinajstić information content (AvgIpc) is 3.69. The summed E-state index contributed by atoms with van der Waals surface area (Å²) in [6, 6.07) is 20.1. The second-order valence-corrected chi connectivity index (χ2v) is 8.97. The van der Waals surface area contributed by atoms with Crippen molar-refractivity contribution in [1.82, 2.24) is 4.98 Å². The molecule has 1 aromatic heterocycles. The Balaban J connectivity index is 0.00000342. The van der Waals surface area contributed by atoms with Gasteiger partial charge in [0.05, 0.1) is 12.7 Å². The van der Waals surface area contributed by atoms with Crippen LogP contribution in [0.4, 0.5) is 5.69 Å². The number of ether oxygens (including phenoxy) is 2. The fraction of sp³-hybridized carbons (Fsp3) is 0.357. The largest absolute Gasteiger partial charge is 0.380 e. The van der Waals surface area contributed by atoms with Crippen LogP contribution in [0.25, 0.3) is 11.1 Å². The van der Waals surface area contributed by atoms with Crippen LogP contribution in [0.1, 0.15) is 30.4 Å². The fourth-order valence-electron chi connectivity index (χ4n) is 4.28. The molecule has 0 spiro atoms. The van der Waals surface area contributed by atoms with Gasteiger partial charge in [0.1, 0.15) is 0 Å². The number of benzene rings is 2. The minimum absolute atomic E-state index is 0. The highest BCUT2D eigenvalue weighted by Gasteiger charge is 2.46. The number of carbonyl (C=O) groups excluding carboxylic acids is 1. The van der Waals surface area contributed by atoms with Gasteiger partial charge in [0.25, 0.3) is 0 Å². The monoisotopic (exact) mass is 495 g/mol. The molecule has 1 aliphatic rings. The van der Waals surface area contributed by atoms with E-state index in [9.17, 15) is 4.79 Å². The SMILES string of the molecule is COCc1ccc(-c2ccc(N(C[C@@H](N)[C@@H](C)OC)C(=O)[C@@H]3C[C@H]3c3cccnc3)cc2)cc1.Cl. The number of anilines is 1. The Morgan fingerprint density at radius 3 is 2.31 bits per heavy atom. The molecule has 1 saturated carbocycles. The Morgan fingerprint density at radius 1 is 1.09 bits per heavy atom. The molecule has 3 aromatic rings. The Kier molecular flexibility index (Phi) is 9.40. The van der Waals surface area contributed by atoms with Crippen molar-refractivity contribution < 1.29 is 14.3 Å². The lowest BCUT2D eigenvalue weighted by Crippen LogP contribution is -2.47. The van der Waals surface area contributed by atoms with E-state index >= 15 is 0 Å². The van der Waals surface area contributed by atoms with Gasteiger partial charge in [-0.2, -0.15) is 0 Å². The van der Waals surface area contributed by atoms with Gasteiger partial charge in [-0.05, 0) is 59.7 Å². The van der Waals surface area contributed by atoms with Gasteiger partial charge in [-0.25, -0.2) is 0 Å². The van der Waals surface area contributed by atoms with Crippen LogP contribution in [0.5, 0.6) is 0 Å². The van der Waals surface area contributed by atoms with Gasteiger partial charge in [0.15, 0.2) is 0 Å². The second kappa shape index (κ2) is 12.3. The number of amides is 1. The van der Waals surface area contributed by atoms with E-state index in [-0.39, 0.29) is 42.3 Å². The summed E-state index contributed by atoms with van der Waals surface area (Å²) >= 11 is 0. The van der Waals surface area contributed by atoms with Crippen molar-refractivity contribution in [1.29, 1.82) is 0 Å². The first kappa shape index (κ1) is 26.8. The molecule has 0 unspecified atom stereocenters. The lowest BCUT2D eigenvalue weighted by molar-refractivity contribution is -0.120. The minimum atomic E-state index is -0.294. The predicted molar refractivity (Wildman–Crippen MR) is 142 cm³/mol. The summed E-state index contributed by atoms with van der Waals surface area (Å²) in [6.45, 7) is 2.92. The van der Waals surface area contributed by atoms with Crippen LogP contribution < -0.4 is 10.6 Å². The molecule has 1 aliphatic carbocycles. The number of halogens is 1. The zero-order chi connectivity index (χ0) is 24.1. The Bertz CT molecular complexity index is 1080. The van der Waals surface area contributed by atoms with Crippen molar-refractivity contribution in [2.75, 3.05) is 25.7 Å². The summed E-state index contributed by atoms with van der Waals surface area (Å²) in [7, 11) is 3.34. The summed E-state index contributed by atoms with van der Waals surface area (Å²) in [5.74, 6) is 0.260. The smallest absolute Gasteiger partial charge is 0.230 e. The van der Waals surface area contributed by atoms with E-state index in [1.807, 2.05) is 42.3 Å². The first-order valence-electron chi connectivity index (χ1n) is 11.7. The molecular weight excluding hydrogens is 462 g/mol. The highest BCUT2D eigenvalue weighted by molar-refractivity contribution is 5.97. The van der Waals surface area contributed by atoms with E-state index in [0.717, 1.165) is 34.4 Å². The van der Waals surface area contributed by atoms with Crippen molar-refractivity contribution in [3.8, 4) is 11.1 Å². The van der Waals surface area contributed by atoms with Crippen molar-refractivity contribution >= 4 is 24.0 Å². The minimum Gasteiger partial charge on any atom is -0.380 e. The Labute approximate surface area is 213 Å². The van der Waals surface area contributed by atoms with Gasteiger partial charge in [0, 0.05) is 50.8 Å². The fourth-order valence-corrected chi connectivity index (χ4v) is 4.28. The molecule has 35 heavy (non-hydrogen) atoms. The molecule has 2 N–H and O–H groups in total. The molecule has 7 heteroatoms. The third-order valence-corrected chi connectivity index (χ3v) is 6.63. The molecule has 186 valence electrons. The number of pyridine rings is 1. The zero-order valence-corrected chi connectivity index (χ0v) is 21.3. The normalized spacial score (nSPS) is 18.3. The number of methoxy groups -OCH3 is 2. The molecule has 0 bridgehead atoms. The number of rotatable bonds is 10. The molecule has 1 heterocycles. The first-order valence-corrected chi connectivity index (χ1v) is 11.7. The molecule has 4 atom stereocenters. The van der Waals surface area contributed by atoms with E-state index in [4.69, 9.17) is 15.2 Å². The van der Waals surface area contributed by atoms with Crippen LogP contribution >= 0.6 is 12.4 Å². The number of nitrogens with two attached hydrogens (primary N) is 1. The summed E-state index contributed by atoms with van der Waals surface area (Å²) in [5, 5.41) is 0. The maximum absolute atomic E-state index is 13.6. The number of aromatic nitrogens is 1. The molecule has 1 amide bonds. The molecule has 4 rings (SSSR count). The van der Waals surface area contributed by atoms with Gasteiger partial charge < -0.3 is 20.1 Å². The van der Waals surface area contributed by atoms with Crippen molar-refractivity contribution in [2.45, 2.75) is 38.0 Å². The molecule has 6 nitrogen and oxygen atoms in total. The van der Waals surface area contributed by atoms with Crippen molar-refractivity contribution in [3.05, 3.63) is 84.2 Å². The lowest BCUT2D eigenvalue weighted by Gasteiger charge is -2.29. The topological polar surface area (TPSA) is 77.7 Å². The Morgan fingerprint density at radius 2 is 1.74 bits per heavy atom. The molecule has 0 saturated heterocycles. The van der Waals surface area contributed by atoms with Crippen LogP contribution in [0, 0.1) is 5.92 Å². The van der Waals surface area contributed by atoms with E-state index < -0.39 is 0 Å². The maximum Gasteiger partial charge on any atom is 0.230 e. The summed E-state index contributed by atoms with van der Waals surface area (Å²) in [6.07, 6.45) is 4.29. The summed E-state index contributed by atoms with van der Waals surface area (Å²) in [5.41, 5.74) is 11.7. The van der Waals surface area contributed by atoms with E-state index in [2.05, 4.69) is 41.4 Å². The highest BCUT2D eigenvalue weighted by atomic mass is 35.5. The highest BCUT2D eigenvalue weighted by Crippen LogP contribution is 2.48. The predicted octanol–water partition coefficient (Wildman–Crippen LogP) is 4.82. The van der Waals surface area contributed by atoms with Crippen LogP contribution in [0.15, 0.2) is 73.1 Å². The molecule has 0 aliphatic heterocycles. The van der Waals surface area contributed by atoms with E-state index in [1.165, 1.54) is 0 Å². The number of carbonyl (C=O) groups is 1. The first-order chi connectivity index (χ1) is 16.5. The maximum atomic E-state index is 13.6. The molecule has 2 aromatic carbocycles. The van der Waals surface area contributed by atoms with Crippen molar-refractivity contribution in [2.24, 2.45) is 11.7 Å². The quantitative estimate of drug-likeness (QED) is 0.436. The Hall–Kier alpha value is -2.77. The molecule has 0 radical (unpaired) electrons. The van der Waals surface area contributed by atoms with Gasteiger partial charge in [-0.15, -0.1) is 12.4 Å². The number of nitrogens with zero attached hydrogens (tertiary/aromatic N) is 2. The van der Waals surface area contributed by atoms with Crippen LogP contribution in [0.2, 0.25) is 0 Å². The molecular formula is C28H34ClN3O3. The third-order valence-electron chi connectivity index (χ3n) is 6.63. The van der Waals surface area contributed by atoms with E-state index in [1.54, 1.807) is 20.4 Å². The van der Waals surface area contributed by atoms with E-state index in [0.29, 0.717) is 13.2 Å². The van der Waals surface area contributed by atoms with Gasteiger partial charge >= 0.3 is 0 Å². The van der Waals surface area contributed by atoms with Crippen molar-refractivity contribution in [3.63, 3.8) is 0 Å².